The number of carbonyl (C=O) groups is 1. The number of ether oxygens (including phenoxy) is 1. The van der Waals surface area contributed by atoms with Crippen LogP contribution in [0.1, 0.15) is 19.5 Å². The van der Waals surface area contributed by atoms with Crippen LogP contribution in [0.2, 0.25) is 0 Å². The van der Waals surface area contributed by atoms with Gasteiger partial charge in [-0.25, -0.2) is 4.98 Å². The summed E-state index contributed by atoms with van der Waals surface area (Å²) in [5.41, 5.74) is 4.86. The standard InChI is InChI=1S/C25H27N7O2/c1-16(2)22-14-31(11-9-26-22)25-27-13-21(29-30-25)19-6-5-18(12-24(19)34-15-33)32-10-8-20-23(32)7-4-17(3)28-20/h4-8,10,12-13,15-16,22,26H,9,11,14H2,1-3H3/t22-/m1/s1. The largest absolute Gasteiger partial charge is 0.428 e. The molecule has 9 heteroatoms. The van der Waals surface area contributed by atoms with Crippen LogP contribution in [0.25, 0.3) is 28.0 Å². The Morgan fingerprint density at radius 1 is 1.18 bits per heavy atom. The average molecular weight is 458 g/mol. The van der Waals surface area contributed by atoms with Crippen LogP contribution in [0, 0.1) is 12.8 Å². The molecule has 0 saturated carbocycles. The first-order valence-electron chi connectivity index (χ1n) is 11.4. The van der Waals surface area contributed by atoms with E-state index in [2.05, 4.69) is 44.2 Å². The van der Waals surface area contributed by atoms with Crippen molar-refractivity contribution in [3.63, 3.8) is 0 Å². The maximum absolute atomic E-state index is 11.2. The number of hydrogen-bond acceptors (Lipinski definition) is 8. The van der Waals surface area contributed by atoms with Gasteiger partial charge in [-0.05, 0) is 43.2 Å². The van der Waals surface area contributed by atoms with Gasteiger partial charge in [0.2, 0.25) is 5.95 Å². The number of hydrogen-bond donors (Lipinski definition) is 1. The van der Waals surface area contributed by atoms with E-state index in [1.165, 1.54) is 0 Å². The normalized spacial score (nSPS) is 16.2. The molecule has 1 aliphatic rings. The molecule has 1 N–H and O–H groups in total. The molecule has 1 atom stereocenters. The van der Waals surface area contributed by atoms with E-state index in [0.29, 0.717) is 41.4 Å². The van der Waals surface area contributed by atoms with Crippen LogP contribution in [-0.2, 0) is 4.79 Å². The molecule has 1 fully saturated rings. The predicted octanol–water partition coefficient (Wildman–Crippen LogP) is 3.16. The number of pyridine rings is 1. The topological polar surface area (TPSA) is 98.1 Å². The molecule has 1 aliphatic heterocycles. The molecule has 0 bridgehead atoms. The molecule has 0 spiro atoms. The van der Waals surface area contributed by atoms with Crippen LogP contribution in [0.15, 0.2) is 48.8 Å². The van der Waals surface area contributed by atoms with Gasteiger partial charge in [-0.3, -0.25) is 9.78 Å². The first-order valence-corrected chi connectivity index (χ1v) is 11.4. The molecule has 174 valence electrons. The lowest BCUT2D eigenvalue weighted by Gasteiger charge is -2.35. The first-order chi connectivity index (χ1) is 16.5. The van der Waals surface area contributed by atoms with Gasteiger partial charge in [0.1, 0.15) is 11.4 Å². The Hall–Kier alpha value is -3.85. The summed E-state index contributed by atoms with van der Waals surface area (Å²) in [6, 6.07) is 12.0. The Labute approximate surface area is 197 Å². The second-order valence-electron chi connectivity index (χ2n) is 8.83. The van der Waals surface area contributed by atoms with E-state index < -0.39 is 0 Å². The number of aryl methyl sites for hydroxylation is 1. The highest BCUT2D eigenvalue weighted by Crippen LogP contribution is 2.32. The van der Waals surface area contributed by atoms with Gasteiger partial charge in [0, 0.05) is 54.9 Å². The van der Waals surface area contributed by atoms with Gasteiger partial charge < -0.3 is 19.5 Å². The van der Waals surface area contributed by atoms with Crippen molar-refractivity contribution in [3.05, 3.63) is 54.5 Å². The third-order valence-electron chi connectivity index (χ3n) is 6.22. The molecule has 1 aromatic carbocycles. The Kier molecular flexibility index (Phi) is 5.93. The number of rotatable bonds is 6. The summed E-state index contributed by atoms with van der Waals surface area (Å²) in [6.45, 7) is 9.35. The van der Waals surface area contributed by atoms with E-state index in [9.17, 15) is 4.79 Å². The van der Waals surface area contributed by atoms with Gasteiger partial charge >= 0.3 is 0 Å². The quantitative estimate of drug-likeness (QED) is 0.441. The predicted molar refractivity (Wildman–Crippen MR) is 130 cm³/mol. The van der Waals surface area contributed by atoms with Gasteiger partial charge in [0.05, 0.1) is 17.2 Å². The lowest BCUT2D eigenvalue weighted by molar-refractivity contribution is -0.120. The molecule has 4 aromatic rings. The van der Waals surface area contributed by atoms with Crippen LogP contribution >= 0.6 is 0 Å². The van der Waals surface area contributed by atoms with Gasteiger partial charge in [0.25, 0.3) is 6.47 Å². The fourth-order valence-electron chi connectivity index (χ4n) is 4.31. The number of piperazine rings is 1. The lowest BCUT2D eigenvalue weighted by Crippen LogP contribution is -2.53. The van der Waals surface area contributed by atoms with Gasteiger partial charge in [0.15, 0.2) is 0 Å². The maximum atomic E-state index is 11.2. The number of aromatic nitrogens is 5. The number of anilines is 1. The molecule has 1 saturated heterocycles. The molecular weight excluding hydrogens is 430 g/mol. The van der Waals surface area contributed by atoms with Crippen molar-refractivity contribution in [1.29, 1.82) is 0 Å². The first kappa shape index (κ1) is 22.0. The SMILES string of the molecule is Cc1ccc2c(ccn2-c2ccc(-c3cnc(N4CCN[C@@H](C(C)C)C4)nn3)c(OC=O)c2)n1. The minimum absolute atomic E-state index is 0.389. The van der Waals surface area contributed by atoms with E-state index in [1.807, 2.05) is 54.1 Å². The van der Waals surface area contributed by atoms with Crippen molar-refractivity contribution in [2.24, 2.45) is 5.92 Å². The third-order valence-corrected chi connectivity index (χ3v) is 6.22. The Morgan fingerprint density at radius 3 is 2.82 bits per heavy atom. The highest BCUT2D eigenvalue weighted by atomic mass is 16.5. The summed E-state index contributed by atoms with van der Waals surface area (Å²) >= 11 is 0. The van der Waals surface area contributed by atoms with Crippen molar-refractivity contribution in [2.45, 2.75) is 26.8 Å². The third kappa shape index (κ3) is 4.22. The minimum Gasteiger partial charge on any atom is -0.428 e. The Morgan fingerprint density at radius 2 is 2.06 bits per heavy atom. The summed E-state index contributed by atoms with van der Waals surface area (Å²) < 4.78 is 7.33. The van der Waals surface area contributed by atoms with Crippen LogP contribution in [0.4, 0.5) is 5.95 Å². The van der Waals surface area contributed by atoms with Crippen LogP contribution in [0.3, 0.4) is 0 Å². The van der Waals surface area contributed by atoms with Crippen molar-refractivity contribution < 1.29 is 9.53 Å². The van der Waals surface area contributed by atoms with E-state index in [-0.39, 0.29) is 0 Å². The summed E-state index contributed by atoms with van der Waals surface area (Å²) in [6.07, 6.45) is 3.63. The number of nitrogens with one attached hydrogen (secondary N) is 1. The fraction of sp³-hybridized carbons (Fsp3) is 0.320. The van der Waals surface area contributed by atoms with Crippen LogP contribution in [0.5, 0.6) is 5.75 Å². The second-order valence-corrected chi connectivity index (χ2v) is 8.83. The fourth-order valence-corrected chi connectivity index (χ4v) is 4.31. The maximum Gasteiger partial charge on any atom is 0.298 e. The molecule has 0 radical (unpaired) electrons. The monoisotopic (exact) mass is 457 g/mol. The smallest absolute Gasteiger partial charge is 0.298 e. The zero-order chi connectivity index (χ0) is 23.7. The molecule has 0 amide bonds. The van der Waals surface area contributed by atoms with Crippen molar-refractivity contribution in [1.82, 2.24) is 30.0 Å². The molecule has 0 aliphatic carbocycles. The van der Waals surface area contributed by atoms with Crippen molar-refractivity contribution in [3.8, 4) is 22.7 Å². The second kappa shape index (κ2) is 9.18. The van der Waals surface area contributed by atoms with Gasteiger partial charge in [-0.15, -0.1) is 10.2 Å². The molecule has 34 heavy (non-hydrogen) atoms. The van der Waals surface area contributed by atoms with E-state index in [0.717, 1.165) is 42.0 Å². The van der Waals surface area contributed by atoms with Crippen molar-refractivity contribution in [2.75, 3.05) is 24.5 Å². The molecule has 3 aromatic heterocycles. The van der Waals surface area contributed by atoms with E-state index >= 15 is 0 Å². The molecule has 5 rings (SSSR count). The zero-order valence-electron chi connectivity index (χ0n) is 19.5. The summed E-state index contributed by atoms with van der Waals surface area (Å²) in [5.74, 6) is 1.51. The van der Waals surface area contributed by atoms with E-state index in [4.69, 9.17) is 4.74 Å². The highest BCUT2D eigenvalue weighted by molar-refractivity contribution is 5.79. The molecule has 9 nitrogen and oxygen atoms in total. The number of benzene rings is 1. The molecular formula is C25H27N7O2. The summed E-state index contributed by atoms with van der Waals surface area (Å²) in [4.78, 5) is 22.5. The summed E-state index contributed by atoms with van der Waals surface area (Å²) in [5, 5.41) is 12.3. The highest BCUT2D eigenvalue weighted by Gasteiger charge is 2.24. The zero-order valence-corrected chi connectivity index (χ0v) is 19.5. The number of nitrogens with zero attached hydrogens (tertiary/aromatic N) is 6. The lowest BCUT2D eigenvalue weighted by atomic mass is 10.0. The van der Waals surface area contributed by atoms with Gasteiger partial charge in [-0.2, -0.15) is 0 Å². The molecule has 0 unspecified atom stereocenters. The van der Waals surface area contributed by atoms with Crippen molar-refractivity contribution >= 4 is 23.5 Å². The van der Waals surface area contributed by atoms with Crippen LogP contribution in [-0.4, -0.2) is 56.9 Å². The number of fused-ring (bicyclic) bond motifs is 1. The van der Waals surface area contributed by atoms with E-state index in [1.54, 1.807) is 6.20 Å². The van der Waals surface area contributed by atoms with Crippen LogP contribution < -0.4 is 15.0 Å². The average Bonchev–Trinajstić information content (AvgIpc) is 3.27. The Balaban J connectivity index is 1.45. The molecule has 4 heterocycles. The Bertz CT molecular complexity index is 1320. The number of carbonyl (C=O) groups excluding carboxylic acids is 1. The summed E-state index contributed by atoms with van der Waals surface area (Å²) in [7, 11) is 0. The van der Waals surface area contributed by atoms with Gasteiger partial charge in [-0.1, -0.05) is 13.8 Å². The minimum atomic E-state index is 0.389.